The molecule has 1 aromatic heterocycles. The molecule has 1 aromatic rings. The first kappa shape index (κ1) is 14.3. The van der Waals surface area contributed by atoms with Crippen LogP contribution in [0.2, 0.25) is 0 Å². The Kier molecular flexibility index (Phi) is 5.98. The number of esters is 1. The predicted octanol–water partition coefficient (Wildman–Crippen LogP) is -0.256. The Bertz CT molecular complexity index is 382. The molecule has 0 aliphatic heterocycles. The van der Waals surface area contributed by atoms with Gasteiger partial charge in [-0.2, -0.15) is 26.7 Å². The summed E-state index contributed by atoms with van der Waals surface area (Å²) in [5.41, 5.74) is 10.8. The second kappa shape index (κ2) is 7.54. The maximum Gasteiger partial charge on any atom is 0.306 e. The van der Waals surface area contributed by atoms with Crippen LogP contribution in [-0.2, 0) is 9.53 Å². The van der Waals surface area contributed by atoms with Gasteiger partial charge in [-0.1, -0.05) is 0 Å². The normalized spacial score (nSPS) is 10.1. The van der Waals surface area contributed by atoms with Crippen molar-refractivity contribution in [1.29, 1.82) is 0 Å². The molecule has 8 nitrogen and oxygen atoms in total. The third kappa shape index (κ3) is 5.53. The fourth-order valence-electron chi connectivity index (χ4n) is 1.08. The molecule has 5 N–H and O–H groups in total. The Morgan fingerprint density at radius 1 is 1.28 bits per heavy atom. The number of anilines is 3. The van der Waals surface area contributed by atoms with E-state index in [0.29, 0.717) is 18.9 Å². The highest BCUT2D eigenvalue weighted by atomic mass is 32.2. The Morgan fingerprint density at radius 2 is 1.94 bits per heavy atom. The molecule has 0 saturated carbocycles. The third-order valence-corrected chi connectivity index (χ3v) is 2.86. The molecular weight excluding hydrogens is 256 g/mol. The van der Waals surface area contributed by atoms with Crippen molar-refractivity contribution in [2.45, 2.75) is 6.42 Å². The number of nitrogens with two attached hydrogens (primary N) is 2. The van der Waals surface area contributed by atoms with E-state index < -0.39 is 0 Å². The maximum absolute atomic E-state index is 10.8. The number of nitrogens with one attached hydrogen (secondary N) is 1. The zero-order chi connectivity index (χ0) is 13.4. The van der Waals surface area contributed by atoms with Gasteiger partial charge >= 0.3 is 5.97 Å². The predicted molar refractivity (Wildman–Crippen MR) is 71.1 cm³/mol. The number of methoxy groups -OCH3 is 1. The van der Waals surface area contributed by atoms with E-state index in [0.717, 1.165) is 11.5 Å². The van der Waals surface area contributed by atoms with Crippen LogP contribution in [0.4, 0.5) is 17.8 Å². The van der Waals surface area contributed by atoms with Crippen LogP contribution in [0.1, 0.15) is 6.42 Å². The molecule has 0 fully saturated rings. The van der Waals surface area contributed by atoms with Gasteiger partial charge in [-0.3, -0.25) is 4.79 Å². The molecule has 9 heteroatoms. The maximum atomic E-state index is 10.8. The van der Waals surface area contributed by atoms with Crippen molar-refractivity contribution in [3.05, 3.63) is 0 Å². The van der Waals surface area contributed by atoms with Gasteiger partial charge in [-0.05, 0) is 0 Å². The van der Waals surface area contributed by atoms with E-state index in [4.69, 9.17) is 11.5 Å². The van der Waals surface area contributed by atoms with E-state index >= 15 is 0 Å². The minimum atomic E-state index is -0.200. The summed E-state index contributed by atoms with van der Waals surface area (Å²) in [5, 5.41) is 2.97. The molecule has 0 saturated heterocycles. The average molecular weight is 272 g/mol. The molecule has 0 unspecified atom stereocenters. The minimum absolute atomic E-state index is 0.0864. The molecule has 0 aliphatic rings. The molecule has 0 atom stereocenters. The first-order valence-corrected chi connectivity index (χ1v) is 6.42. The summed E-state index contributed by atoms with van der Waals surface area (Å²) in [5.74, 6) is 1.85. The summed E-state index contributed by atoms with van der Waals surface area (Å²) in [4.78, 5) is 22.2. The zero-order valence-corrected chi connectivity index (χ0v) is 10.9. The summed E-state index contributed by atoms with van der Waals surface area (Å²) in [6, 6.07) is 0. The van der Waals surface area contributed by atoms with Gasteiger partial charge in [0, 0.05) is 18.1 Å². The lowest BCUT2D eigenvalue weighted by molar-refractivity contribution is -0.140. The zero-order valence-electron chi connectivity index (χ0n) is 10.0. The molecule has 1 heterocycles. The number of thioether (sulfide) groups is 1. The minimum Gasteiger partial charge on any atom is -0.469 e. The molecule has 0 spiro atoms. The smallest absolute Gasteiger partial charge is 0.306 e. The van der Waals surface area contributed by atoms with Gasteiger partial charge in [-0.25, -0.2) is 0 Å². The van der Waals surface area contributed by atoms with Gasteiger partial charge in [0.25, 0.3) is 0 Å². The van der Waals surface area contributed by atoms with Gasteiger partial charge in [0.1, 0.15) is 0 Å². The molecule has 0 radical (unpaired) electrons. The summed E-state index contributed by atoms with van der Waals surface area (Å²) < 4.78 is 4.53. The first-order valence-electron chi connectivity index (χ1n) is 5.27. The van der Waals surface area contributed by atoms with Crippen LogP contribution < -0.4 is 16.8 Å². The lowest BCUT2D eigenvalue weighted by Gasteiger charge is -2.05. The Labute approximate surface area is 109 Å². The third-order valence-electron chi connectivity index (χ3n) is 1.88. The topological polar surface area (TPSA) is 129 Å². The van der Waals surface area contributed by atoms with Gasteiger partial charge in [-0.15, -0.1) is 0 Å². The highest BCUT2D eigenvalue weighted by Gasteiger charge is 2.02. The Balaban J connectivity index is 2.16. The molecule has 18 heavy (non-hydrogen) atoms. The number of rotatable bonds is 7. The quantitative estimate of drug-likeness (QED) is 0.454. The monoisotopic (exact) mass is 272 g/mol. The number of ether oxygens (including phenoxy) is 1. The molecule has 0 aromatic carbocycles. The van der Waals surface area contributed by atoms with Crippen LogP contribution in [0.3, 0.4) is 0 Å². The number of nitrogen functional groups attached to an aromatic ring is 2. The van der Waals surface area contributed by atoms with Crippen LogP contribution in [0.15, 0.2) is 0 Å². The van der Waals surface area contributed by atoms with Gasteiger partial charge in [0.15, 0.2) is 0 Å². The number of aromatic nitrogens is 3. The number of carbonyl (C=O) groups is 1. The summed E-state index contributed by atoms with van der Waals surface area (Å²) in [6.07, 6.45) is 0.410. The molecule has 0 amide bonds. The van der Waals surface area contributed by atoms with Crippen molar-refractivity contribution >= 4 is 35.6 Å². The lowest BCUT2D eigenvalue weighted by atomic mass is 10.5. The van der Waals surface area contributed by atoms with Gasteiger partial charge in [0.05, 0.1) is 13.5 Å². The lowest BCUT2D eigenvalue weighted by Crippen LogP contribution is -2.12. The SMILES string of the molecule is COC(=O)CCSCCNc1nc(N)nc(N)n1. The van der Waals surface area contributed by atoms with Crippen LogP contribution in [-0.4, -0.2) is 46.1 Å². The van der Waals surface area contributed by atoms with Crippen molar-refractivity contribution in [3.8, 4) is 0 Å². The highest BCUT2D eigenvalue weighted by Crippen LogP contribution is 2.05. The Hall–Kier alpha value is -1.77. The van der Waals surface area contributed by atoms with Crippen LogP contribution in [0, 0.1) is 0 Å². The van der Waals surface area contributed by atoms with Gasteiger partial charge < -0.3 is 21.5 Å². The summed E-state index contributed by atoms with van der Waals surface area (Å²) >= 11 is 1.63. The van der Waals surface area contributed by atoms with E-state index in [9.17, 15) is 4.79 Å². The van der Waals surface area contributed by atoms with E-state index in [1.54, 1.807) is 11.8 Å². The van der Waals surface area contributed by atoms with Crippen molar-refractivity contribution in [3.63, 3.8) is 0 Å². The standard InChI is InChI=1S/C9H16N6O2S/c1-17-6(16)2-4-18-5-3-12-9-14-7(10)13-8(11)15-9/h2-5H2,1H3,(H5,10,11,12,13,14,15). The Morgan fingerprint density at radius 3 is 2.56 bits per heavy atom. The number of hydrogen-bond donors (Lipinski definition) is 3. The van der Waals surface area contributed by atoms with E-state index in [-0.39, 0.29) is 17.9 Å². The fourth-order valence-corrected chi connectivity index (χ4v) is 1.84. The van der Waals surface area contributed by atoms with Crippen molar-refractivity contribution < 1.29 is 9.53 Å². The number of nitrogens with zero attached hydrogens (tertiary/aromatic N) is 3. The molecule has 100 valence electrons. The fraction of sp³-hybridized carbons (Fsp3) is 0.556. The van der Waals surface area contributed by atoms with E-state index in [1.165, 1.54) is 7.11 Å². The van der Waals surface area contributed by atoms with Crippen molar-refractivity contribution in [2.24, 2.45) is 0 Å². The van der Waals surface area contributed by atoms with Crippen molar-refractivity contribution in [1.82, 2.24) is 15.0 Å². The second-order valence-corrected chi connectivity index (χ2v) is 4.47. The van der Waals surface area contributed by atoms with Crippen LogP contribution in [0.25, 0.3) is 0 Å². The van der Waals surface area contributed by atoms with Crippen molar-refractivity contribution in [2.75, 3.05) is 41.9 Å². The summed E-state index contributed by atoms with van der Waals surface area (Å²) in [6.45, 7) is 0.648. The second-order valence-electron chi connectivity index (χ2n) is 3.24. The summed E-state index contributed by atoms with van der Waals surface area (Å²) in [7, 11) is 1.38. The molecule has 1 rings (SSSR count). The number of hydrogen-bond acceptors (Lipinski definition) is 9. The molecule has 0 aliphatic carbocycles. The van der Waals surface area contributed by atoms with E-state index in [1.807, 2.05) is 0 Å². The molecular formula is C9H16N6O2S. The largest absolute Gasteiger partial charge is 0.469 e. The average Bonchev–Trinajstić information content (AvgIpc) is 2.32. The van der Waals surface area contributed by atoms with Crippen LogP contribution in [0.5, 0.6) is 0 Å². The number of carbonyl (C=O) groups excluding carboxylic acids is 1. The van der Waals surface area contributed by atoms with E-state index in [2.05, 4.69) is 25.0 Å². The van der Waals surface area contributed by atoms with Crippen LogP contribution >= 0.6 is 11.8 Å². The molecule has 0 bridgehead atoms. The van der Waals surface area contributed by atoms with Gasteiger partial charge in [0.2, 0.25) is 17.8 Å². The first-order chi connectivity index (χ1) is 8.61. The highest BCUT2D eigenvalue weighted by molar-refractivity contribution is 7.99.